The Labute approximate surface area is 383 Å². The first kappa shape index (κ1) is 60.5. The van der Waals surface area contributed by atoms with Crippen molar-refractivity contribution in [3.8, 4) is 0 Å². The van der Waals surface area contributed by atoms with Crippen molar-refractivity contribution in [3.63, 3.8) is 0 Å². The minimum absolute atomic E-state index is 0.0309. The predicted molar refractivity (Wildman–Crippen MR) is 261 cm³/mol. The summed E-state index contributed by atoms with van der Waals surface area (Å²) >= 11 is 0. The topological polar surface area (TPSA) is 108 Å². The van der Waals surface area contributed by atoms with E-state index in [9.17, 15) is 19.0 Å². The number of esters is 2. The average molecular weight is 899 g/mol. The van der Waals surface area contributed by atoms with Crippen molar-refractivity contribution in [2.45, 2.75) is 251 Å². The highest BCUT2D eigenvalue weighted by Gasteiger charge is 2.27. The molecule has 9 nitrogen and oxygen atoms in total. The van der Waals surface area contributed by atoms with Gasteiger partial charge in [0.05, 0.1) is 27.7 Å². The molecule has 0 aliphatic carbocycles. The molecule has 0 fully saturated rings. The lowest BCUT2D eigenvalue weighted by molar-refractivity contribution is -0.870. The zero-order valence-electron chi connectivity index (χ0n) is 41.4. The molecule has 0 aromatic rings. The van der Waals surface area contributed by atoms with Gasteiger partial charge in [-0.25, -0.2) is 4.57 Å². The monoisotopic (exact) mass is 899 g/mol. The number of unbranched alkanes of at least 4 members (excludes halogenated alkanes) is 30. The Balaban J connectivity index is 4.17. The number of hydrogen-bond donors (Lipinski definition) is 1. The molecule has 0 aliphatic rings. The summed E-state index contributed by atoms with van der Waals surface area (Å²) in [5, 5.41) is 0. The van der Waals surface area contributed by atoms with Crippen molar-refractivity contribution in [3.05, 3.63) is 24.3 Å². The Morgan fingerprint density at radius 1 is 0.500 bits per heavy atom. The number of carbonyl (C=O) groups is 2. The number of hydrogen-bond acceptors (Lipinski definition) is 7. The smallest absolute Gasteiger partial charge is 0.462 e. The SMILES string of the molecule is CCCCC/C=C/C/C=C/CCCCCCCC(=O)O[C@@H](COC(=O)CCCCCCCCCCCCCCCCCCCCCCCCC)COP(=O)(O)OCC[N+](C)(C)C. The van der Waals surface area contributed by atoms with Crippen LogP contribution in [0.5, 0.6) is 0 Å². The minimum Gasteiger partial charge on any atom is -0.462 e. The molecule has 0 rings (SSSR count). The number of carbonyl (C=O) groups excluding carboxylic acids is 2. The van der Waals surface area contributed by atoms with Crippen molar-refractivity contribution < 1.29 is 42.1 Å². The molecule has 1 unspecified atom stereocenters. The molecule has 0 aromatic carbocycles. The van der Waals surface area contributed by atoms with E-state index in [4.69, 9.17) is 18.5 Å². The van der Waals surface area contributed by atoms with E-state index in [1.165, 1.54) is 154 Å². The maximum atomic E-state index is 12.7. The molecule has 62 heavy (non-hydrogen) atoms. The highest BCUT2D eigenvalue weighted by Crippen LogP contribution is 2.43. The van der Waals surface area contributed by atoms with Gasteiger partial charge < -0.3 is 18.9 Å². The number of ether oxygens (including phenoxy) is 2. The second-order valence-corrected chi connectivity index (χ2v) is 20.4. The van der Waals surface area contributed by atoms with Gasteiger partial charge in [0, 0.05) is 12.8 Å². The van der Waals surface area contributed by atoms with Gasteiger partial charge in [-0.05, 0) is 44.9 Å². The van der Waals surface area contributed by atoms with Crippen molar-refractivity contribution in [1.82, 2.24) is 0 Å². The summed E-state index contributed by atoms with van der Waals surface area (Å²) < 4.78 is 34.4. The first-order chi connectivity index (χ1) is 30.0. The number of rotatable bonds is 48. The molecule has 1 N–H and O–H groups in total. The lowest BCUT2D eigenvalue weighted by Crippen LogP contribution is -2.37. The van der Waals surface area contributed by atoms with Crippen LogP contribution < -0.4 is 0 Å². The van der Waals surface area contributed by atoms with Crippen molar-refractivity contribution in [1.29, 1.82) is 0 Å². The molecule has 0 heterocycles. The van der Waals surface area contributed by atoms with E-state index < -0.39 is 26.5 Å². The van der Waals surface area contributed by atoms with Gasteiger partial charge in [-0.15, -0.1) is 0 Å². The Hall–Kier alpha value is -1.51. The minimum atomic E-state index is -4.38. The predicted octanol–water partition coefficient (Wildman–Crippen LogP) is 15.5. The van der Waals surface area contributed by atoms with E-state index in [-0.39, 0.29) is 25.6 Å². The van der Waals surface area contributed by atoms with Gasteiger partial charge in [0.1, 0.15) is 19.8 Å². The lowest BCUT2D eigenvalue weighted by Gasteiger charge is -2.24. The molecule has 366 valence electrons. The van der Waals surface area contributed by atoms with E-state index >= 15 is 0 Å². The molecule has 0 bridgehead atoms. The van der Waals surface area contributed by atoms with Crippen LogP contribution in [0.3, 0.4) is 0 Å². The maximum absolute atomic E-state index is 12.7. The van der Waals surface area contributed by atoms with Crippen LogP contribution in [-0.4, -0.2) is 74.9 Å². The molecule has 0 spiro atoms. The summed E-state index contributed by atoms with van der Waals surface area (Å²) in [5.41, 5.74) is 0. The Kier molecular flexibility index (Phi) is 43.6. The van der Waals surface area contributed by atoms with Gasteiger partial charge in [0.25, 0.3) is 0 Å². The summed E-state index contributed by atoms with van der Waals surface area (Å²) in [6.07, 6.45) is 50.9. The summed E-state index contributed by atoms with van der Waals surface area (Å²) in [4.78, 5) is 35.5. The van der Waals surface area contributed by atoms with Crippen LogP contribution >= 0.6 is 7.82 Å². The standard InChI is InChI=1S/C52H100NO8P/c1-6-8-10-12-14-16-18-20-22-23-24-25-26-27-28-29-31-32-34-36-38-40-42-44-51(54)58-48-50(49-60-62(56,57)59-47-46-53(3,4)5)61-52(55)45-43-41-39-37-35-33-30-21-19-17-15-13-11-9-7-2/h15,17,21,30,50H,6-14,16,18-20,22-29,31-49H2,1-5H3/p+1/b17-15+,30-21+/t50-/m0/s1. The molecule has 0 aromatic heterocycles. The van der Waals surface area contributed by atoms with Crippen LogP contribution in [0.2, 0.25) is 0 Å². The first-order valence-corrected chi connectivity index (χ1v) is 27.6. The highest BCUT2D eigenvalue weighted by atomic mass is 31.2. The Morgan fingerprint density at radius 2 is 0.871 bits per heavy atom. The van der Waals surface area contributed by atoms with Gasteiger partial charge in [-0.2, -0.15) is 0 Å². The fourth-order valence-corrected chi connectivity index (χ4v) is 8.14. The molecule has 2 atom stereocenters. The first-order valence-electron chi connectivity index (χ1n) is 26.1. The third-order valence-electron chi connectivity index (χ3n) is 11.5. The Bertz CT molecular complexity index is 1110. The second kappa shape index (κ2) is 44.7. The third kappa shape index (κ3) is 48.0. The molecule has 0 amide bonds. The van der Waals surface area contributed by atoms with Crippen molar-refractivity contribution >= 4 is 19.8 Å². The van der Waals surface area contributed by atoms with Crippen LogP contribution in [0.4, 0.5) is 0 Å². The molecule has 0 saturated carbocycles. The summed E-state index contributed by atoms with van der Waals surface area (Å²) in [7, 11) is 1.48. The molecule has 0 saturated heterocycles. The van der Waals surface area contributed by atoms with E-state index in [0.29, 0.717) is 23.9 Å². The van der Waals surface area contributed by atoms with E-state index in [1.54, 1.807) is 0 Å². The van der Waals surface area contributed by atoms with Crippen molar-refractivity contribution in [2.75, 3.05) is 47.5 Å². The van der Waals surface area contributed by atoms with Gasteiger partial charge in [0.15, 0.2) is 6.10 Å². The molecular weight excluding hydrogens is 798 g/mol. The van der Waals surface area contributed by atoms with E-state index in [2.05, 4.69) is 38.2 Å². The van der Waals surface area contributed by atoms with E-state index in [1.807, 2.05) is 21.1 Å². The molecule has 0 radical (unpaired) electrons. The zero-order chi connectivity index (χ0) is 45.7. The normalized spacial score (nSPS) is 13.6. The quantitative estimate of drug-likeness (QED) is 0.0211. The van der Waals surface area contributed by atoms with Crippen LogP contribution in [0.1, 0.15) is 245 Å². The summed E-state index contributed by atoms with van der Waals surface area (Å²) in [6.45, 7) is 4.42. The Morgan fingerprint density at radius 3 is 1.31 bits per heavy atom. The van der Waals surface area contributed by atoms with Crippen LogP contribution in [0.15, 0.2) is 24.3 Å². The van der Waals surface area contributed by atoms with Crippen LogP contribution in [-0.2, 0) is 32.7 Å². The molecule has 10 heteroatoms. The highest BCUT2D eigenvalue weighted by molar-refractivity contribution is 7.47. The average Bonchev–Trinajstić information content (AvgIpc) is 3.23. The number of nitrogens with zero attached hydrogens (tertiary/aromatic N) is 1. The fraction of sp³-hybridized carbons (Fsp3) is 0.885. The summed E-state index contributed by atoms with van der Waals surface area (Å²) in [6, 6.07) is 0. The van der Waals surface area contributed by atoms with Gasteiger partial charge >= 0.3 is 19.8 Å². The lowest BCUT2D eigenvalue weighted by atomic mass is 10.0. The van der Waals surface area contributed by atoms with E-state index in [0.717, 1.165) is 57.8 Å². The van der Waals surface area contributed by atoms with Crippen molar-refractivity contribution in [2.24, 2.45) is 0 Å². The third-order valence-corrected chi connectivity index (χ3v) is 12.5. The van der Waals surface area contributed by atoms with Gasteiger partial charge in [0.2, 0.25) is 0 Å². The second-order valence-electron chi connectivity index (χ2n) is 18.9. The molecule has 0 aliphatic heterocycles. The number of phosphoric ester groups is 1. The number of allylic oxidation sites excluding steroid dienone is 4. The molecular formula is C52H101NO8P+. The fourth-order valence-electron chi connectivity index (χ4n) is 7.40. The number of likely N-dealkylation sites (N-methyl/N-ethyl adjacent to an activating group) is 1. The largest absolute Gasteiger partial charge is 0.472 e. The van der Waals surface area contributed by atoms with Gasteiger partial charge in [-0.3, -0.25) is 18.6 Å². The van der Waals surface area contributed by atoms with Crippen LogP contribution in [0.25, 0.3) is 0 Å². The zero-order valence-corrected chi connectivity index (χ0v) is 42.3. The van der Waals surface area contributed by atoms with Crippen LogP contribution in [0, 0.1) is 0 Å². The van der Waals surface area contributed by atoms with Gasteiger partial charge in [-0.1, -0.05) is 212 Å². The number of quaternary nitrogens is 1. The number of phosphoric acid groups is 1. The maximum Gasteiger partial charge on any atom is 0.472 e. The summed E-state index contributed by atoms with van der Waals surface area (Å²) in [5.74, 6) is -0.802.